The van der Waals surface area contributed by atoms with E-state index < -0.39 is 15.8 Å². The lowest BCUT2D eigenvalue weighted by atomic mass is 10.0. The number of hydrogen-bond acceptors (Lipinski definition) is 4. The molecule has 1 aliphatic heterocycles. The fourth-order valence-electron chi connectivity index (χ4n) is 2.91. The Morgan fingerprint density at radius 2 is 2.09 bits per heavy atom. The molecule has 0 aliphatic carbocycles. The molecule has 2 heterocycles. The zero-order chi connectivity index (χ0) is 16.6. The molecular weight excluding hydrogens is 319 g/mol. The van der Waals surface area contributed by atoms with Gasteiger partial charge < -0.3 is 4.57 Å². The summed E-state index contributed by atoms with van der Waals surface area (Å²) < 4.78 is 42.9. The van der Waals surface area contributed by atoms with E-state index in [9.17, 15) is 12.8 Å². The van der Waals surface area contributed by atoms with Gasteiger partial charge in [0, 0.05) is 13.6 Å². The van der Waals surface area contributed by atoms with Crippen molar-refractivity contribution in [1.29, 1.82) is 0 Å². The Kier molecular flexibility index (Phi) is 4.20. The fraction of sp³-hybridized carbons (Fsp3) is 0.467. The van der Waals surface area contributed by atoms with Crippen molar-refractivity contribution < 1.29 is 12.8 Å². The van der Waals surface area contributed by atoms with Gasteiger partial charge in [-0.15, -0.1) is 10.2 Å². The Hall–Kier alpha value is -1.80. The molecular formula is C15H19FN4O2S. The van der Waals surface area contributed by atoms with Crippen LogP contribution >= 0.6 is 0 Å². The van der Waals surface area contributed by atoms with Crippen LogP contribution in [0.5, 0.6) is 0 Å². The van der Waals surface area contributed by atoms with Gasteiger partial charge in [0.2, 0.25) is 10.0 Å². The van der Waals surface area contributed by atoms with Crippen molar-refractivity contribution in [2.24, 2.45) is 7.05 Å². The van der Waals surface area contributed by atoms with Crippen LogP contribution in [0, 0.1) is 12.7 Å². The van der Waals surface area contributed by atoms with Gasteiger partial charge in [0.05, 0.1) is 10.9 Å². The molecule has 1 aromatic heterocycles. The van der Waals surface area contributed by atoms with Crippen molar-refractivity contribution in [1.82, 2.24) is 19.1 Å². The average Bonchev–Trinajstić information content (AvgIpc) is 2.96. The number of aromatic nitrogens is 3. The summed E-state index contributed by atoms with van der Waals surface area (Å²) in [4.78, 5) is -0.0188. The molecule has 124 valence electrons. The molecule has 3 rings (SSSR count). The Morgan fingerprint density at radius 1 is 1.30 bits per heavy atom. The molecule has 0 N–H and O–H groups in total. The third-order valence-electron chi connectivity index (χ3n) is 4.25. The highest BCUT2D eigenvalue weighted by Crippen LogP contribution is 2.34. The maximum Gasteiger partial charge on any atom is 0.243 e. The van der Waals surface area contributed by atoms with Gasteiger partial charge in [-0.1, -0.05) is 12.5 Å². The van der Waals surface area contributed by atoms with Crippen LogP contribution in [-0.4, -0.2) is 34.0 Å². The van der Waals surface area contributed by atoms with E-state index in [1.165, 1.54) is 16.4 Å². The molecule has 2 aromatic rings. The zero-order valence-corrected chi connectivity index (χ0v) is 13.9. The minimum Gasteiger partial charge on any atom is -0.319 e. The summed E-state index contributed by atoms with van der Waals surface area (Å²) >= 11 is 0. The predicted octanol–water partition coefficient (Wildman–Crippen LogP) is 2.18. The lowest BCUT2D eigenvalue weighted by Gasteiger charge is -2.33. The van der Waals surface area contributed by atoms with Crippen molar-refractivity contribution in [2.45, 2.75) is 37.1 Å². The molecule has 0 radical (unpaired) electrons. The molecule has 1 atom stereocenters. The van der Waals surface area contributed by atoms with Crippen molar-refractivity contribution in [3.8, 4) is 0 Å². The van der Waals surface area contributed by atoms with E-state index in [-0.39, 0.29) is 10.9 Å². The Labute approximate surface area is 135 Å². The molecule has 0 saturated carbocycles. The number of nitrogens with zero attached hydrogens (tertiary/aromatic N) is 4. The largest absolute Gasteiger partial charge is 0.319 e. The van der Waals surface area contributed by atoms with Gasteiger partial charge in [-0.2, -0.15) is 4.31 Å². The summed E-state index contributed by atoms with van der Waals surface area (Å²) in [6.07, 6.45) is 3.94. The summed E-state index contributed by atoms with van der Waals surface area (Å²) in [6.45, 7) is 2.00. The maximum atomic E-state index is 13.8. The standard InChI is InChI=1S/C15H19FN4O2S/c1-11-6-7-12(9-13(11)16)23(21,22)20-8-4-3-5-14(20)15-18-17-10-19(15)2/h6-7,9-10,14H,3-5,8H2,1-2H3/t14-/m0/s1. The van der Waals surface area contributed by atoms with E-state index in [1.54, 1.807) is 24.9 Å². The van der Waals surface area contributed by atoms with E-state index in [2.05, 4.69) is 10.2 Å². The number of sulfonamides is 1. The van der Waals surface area contributed by atoms with Crippen molar-refractivity contribution in [2.75, 3.05) is 6.54 Å². The number of halogens is 1. The number of benzene rings is 1. The second kappa shape index (κ2) is 6.01. The van der Waals surface area contributed by atoms with Crippen LogP contribution in [0.1, 0.15) is 36.7 Å². The molecule has 23 heavy (non-hydrogen) atoms. The van der Waals surface area contributed by atoms with Crippen LogP contribution in [0.3, 0.4) is 0 Å². The quantitative estimate of drug-likeness (QED) is 0.860. The first kappa shape index (κ1) is 16.1. The first-order valence-corrected chi connectivity index (χ1v) is 8.97. The topological polar surface area (TPSA) is 68.1 Å². The number of rotatable bonds is 3. The van der Waals surface area contributed by atoms with Crippen LogP contribution in [0.15, 0.2) is 29.4 Å². The third-order valence-corrected chi connectivity index (χ3v) is 6.15. The lowest BCUT2D eigenvalue weighted by Crippen LogP contribution is -2.39. The number of piperidine rings is 1. The fourth-order valence-corrected chi connectivity index (χ4v) is 4.58. The van der Waals surface area contributed by atoms with Gasteiger partial charge in [-0.3, -0.25) is 0 Å². The van der Waals surface area contributed by atoms with Crippen molar-refractivity contribution in [3.05, 3.63) is 41.7 Å². The highest BCUT2D eigenvalue weighted by Gasteiger charge is 2.36. The summed E-state index contributed by atoms with van der Waals surface area (Å²) in [5.41, 5.74) is 0.424. The molecule has 1 saturated heterocycles. The Balaban J connectivity index is 2.02. The third kappa shape index (κ3) is 2.88. The van der Waals surface area contributed by atoms with Crippen molar-refractivity contribution >= 4 is 10.0 Å². The van der Waals surface area contributed by atoms with Gasteiger partial charge in [0.25, 0.3) is 0 Å². The molecule has 1 aliphatic rings. The highest BCUT2D eigenvalue weighted by molar-refractivity contribution is 7.89. The van der Waals surface area contributed by atoms with E-state index in [4.69, 9.17) is 0 Å². The van der Waals surface area contributed by atoms with Gasteiger partial charge >= 0.3 is 0 Å². The van der Waals surface area contributed by atoms with Gasteiger partial charge in [0.1, 0.15) is 12.1 Å². The number of hydrogen-bond donors (Lipinski definition) is 0. The molecule has 8 heteroatoms. The van der Waals surface area contributed by atoms with E-state index >= 15 is 0 Å². The van der Waals surface area contributed by atoms with Crippen molar-refractivity contribution in [3.63, 3.8) is 0 Å². The summed E-state index contributed by atoms with van der Waals surface area (Å²) in [5, 5.41) is 7.90. The van der Waals surface area contributed by atoms with Gasteiger partial charge in [-0.05, 0) is 37.5 Å². The Morgan fingerprint density at radius 3 is 2.74 bits per heavy atom. The second-order valence-corrected chi connectivity index (χ2v) is 7.73. The normalized spacial score (nSPS) is 19.9. The van der Waals surface area contributed by atoms with Crippen LogP contribution in [0.2, 0.25) is 0 Å². The van der Waals surface area contributed by atoms with E-state index in [1.807, 2.05) is 0 Å². The smallest absolute Gasteiger partial charge is 0.243 e. The second-order valence-electron chi connectivity index (χ2n) is 5.84. The highest BCUT2D eigenvalue weighted by atomic mass is 32.2. The summed E-state index contributed by atoms with van der Waals surface area (Å²) in [7, 11) is -1.99. The maximum absolute atomic E-state index is 13.8. The van der Waals surface area contributed by atoms with Crippen LogP contribution in [0.4, 0.5) is 4.39 Å². The first-order chi connectivity index (χ1) is 10.9. The van der Waals surface area contributed by atoms with Gasteiger partial charge in [-0.25, -0.2) is 12.8 Å². The monoisotopic (exact) mass is 338 g/mol. The van der Waals surface area contributed by atoms with E-state index in [0.29, 0.717) is 24.4 Å². The molecule has 0 bridgehead atoms. The van der Waals surface area contributed by atoms with E-state index in [0.717, 1.165) is 18.9 Å². The average molecular weight is 338 g/mol. The molecule has 0 unspecified atom stereocenters. The van der Waals surface area contributed by atoms with Gasteiger partial charge in [0.15, 0.2) is 5.82 Å². The van der Waals surface area contributed by atoms with Crippen LogP contribution in [0.25, 0.3) is 0 Å². The molecule has 0 amide bonds. The molecule has 6 nitrogen and oxygen atoms in total. The zero-order valence-electron chi connectivity index (χ0n) is 13.1. The molecule has 1 aromatic carbocycles. The van der Waals surface area contributed by atoms with Crippen LogP contribution < -0.4 is 0 Å². The van der Waals surface area contributed by atoms with Crippen LogP contribution in [-0.2, 0) is 17.1 Å². The molecule has 0 spiro atoms. The summed E-state index contributed by atoms with van der Waals surface area (Å²) in [6, 6.07) is 3.66. The SMILES string of the molecule is Cc1ccc(S(=O)(=O)N2CCCC[C@H]2c2nncn2C)cc1F. The number of aryl methyl sites for hydroxylation is 2. The minimum absolute atomic E-state index is 0.0188. The lowest BCUT2D eigenvalue weighted by molar-refractivity contribution is 0.242. The first-order valence-electron chi connectivity index (χ1n) is 7.53. The minimum atomic E-state index is -3.78. The summed E-state index contributed by atoms with van der Waals surface area (Å²) in [5.74, 6) is 0.0964. The predicted molar refractivity (Wildman–Crippen MR) is 82.6 cm³/mol. The molecule has 1 fully saturated rings. The Bertz CT molecular complexity index is 819.